The van der Waals surface area contributed by atoms with Gasteiger partial charge < -0.3 is 9.80 Å². The van der Waals surface area contributed by atoms with Gasteiger partial charge in [0.25, 0.3) is 11.8 Å². The molecule has 0 saturated carbocycles. The number of aromatic nitrogens is 2. The highest BCUT2D eigenvalue weighted by atomic mass is 19.1. The van der Waals surface area contributed by atoms with Crippen molar-refractivity contribution >= 4 is 29.4 Å². The molecule has 1 fully saturated rings. The van der Waals surface area contributed by atoms with Gasteiger partial charge in [0, 0.05) is 44.1 Å². The summed E-state index contributed by atoms with van der Waals surface area (Å²) in [5.74, 6) is -1.41. The Labute approximate surface area is 194 Å². The van der Waals surface area contributed by atoms with Gasteiger partial charge in [0.15, 0.2) is 0 Å². The van der Waals surface area contributed by atoms with Crippen molar-refractivity contribution in [3.63, 3.8) is 0 Å². The lowest BCUT2D eigenvalue weighted by molar-refractivity contribution is -0.125. The Hall–Kier alpha value is -4.18. The number of nitrogens with one attached hydrogen (secondary N) is 1. The smallest absolute Gasteiger partial charge is 0.277 e. The summed E-state index contributed by atoms with van der Waals surface area (Å²) >= 11 is 0. The first kappa shape index (κ1) is 23.0. The van der Waals surface area contributed by atoms with Crippen LogP contribution in [0.1, 0.15) is 21.5 Å². The molecule has 174 valence electrons. The van der Waals surface area contributed by atoms with Crippen molar-refractivity contribution in [1.29, 1.82) is 0 Å². The Morgan fingerprint density at radius 2 is 1.59 bits per heavy atom. The number of hydroxylamine groups is 1. The molecule has 2 heterocycles. The van der Waals surface area contributed by atoms with Gasteiger partial charge in [-0.1, -0.05) is 24.3 Å². The number of piperazine rings is 1. The Balaban J connectivity index is 1.51. The van der Waals surface area contributed by atoms with E-state index in [0.717, 1.165) is 0 Å². The van der Waals surface area contributed by atoms with Crippen LogP contribution < -0.4 is 10.4 Å². The van der Waals surface area contributed by atoms with Crippen molar-refractivity contribution in [1.82, 2.24) is 20.3 Å². The fraction of sp³-hybridized carbons (Fsp3) is 0.167. The molecule has 0 spiro atoms. The molecule has 3 aromatic rings. The minimum absolute atomic E-state index is 0.117. The maximum atomic E-state index is 13.7. The van der Waals surface area contributed by atoms with E-state index in [2.05, 4.69) is 9.97 Å². The molecule has 1 aromatic heterocycles. The number of amides is 2. The van der Waals surface area contributed by atoms with Crippen LogP contribution in [0.3, 0.4) is 0 Å². The number of hydrogen-bond acceptors (Lipinski definition) is 6. The SMILES string of the molecule is O=C(NO)c1cnc(N2CCN(C(=O)C(=Cc3cccc(F)c3)c3ccc(F)cc3)CC2)nc1. The van der Waals surface area contributed by atoms with Crippen molar-refractivity contribution in [2.75, 3.05) is 31.1 Å². The number of anilines is 1. The van der Waals surface area contributed by atoms with Gasteiger partial charge in [0.05, 0.1) is 5.56 Å². The molecule has 4 rings (SSSR count). The van der Waals surface area contributed by atoms with Crippen LogP contribution in [0.2, 0.25) is 0 Å². The number of hydrogen-bond donors (Lipinski definition) is 2. The zero-order chi connectivity index (χ0) is 24.1. The molecular weight excluding hydrogens is 444 g/mol. The van der Waals surface area contributed by atoms with Crippen LogP contribution in [0.25, 0.3) is 11.6 Å². The molecule has 0 bridgehead atoms. The third-order valence-electron chi connectivity index (χ3n) is 5.40. The second-order valence-corrected chi connectivity index (χ2v) is 7.61. The number of carbonyl (C=O) groups excluding carboxylic acids is 2. The number of nitrogens with zero attached hydrogens (tertiary/aromatic N) is 4. The minimum atomic E-state index is -0.708. The Morgan fingerprint density at radius 1 is 0.912 bits per heavy atom. The van der Waals surface area contributed by atoms with E-state index < -0.39 is 17.5 Å². The summed E-state index contributed by atoms with van der Waals surface area (Å²) in [5, 5.41) is 8.69. The third-order valence-corrected chi connectivity index (χ3v) is 5.40. The third kappa shape index (κ3) is 5.24. The summed E-state index contributed by atoms with van der Waals surface area (Å²) in [6.07, 6.45) is 4.21. The summed E-state index contributed by atoms with van der Waals surface area (Å²) in [6.45, 7) is 1.66. The highest BCUT2D eigenvalue weighted by molar-refractivity contribution is 6.24. The van der Waals surface area contributed by atoms with E-state index in [1.807, 2.05) is 4.90 Å². The first-order valence-corrected chi connectivity index (χ1v) is 10.5. The van der Waals surface area contributed by atoms with E-state index in [9.17, 15) is 18.4 Å². The summed E-state index contributed by atoms with van der Waals surface area (Å²) < 4.78 is 27.2. The lowest BCUT2D eigenvalue weighted by Crippen LogP contribution is -2.49. The maximum absolute atomic E-state index is 13.7. The average Bonchev–Trinajstić information content (AvgIpc) is 2.87. The minimum Gasteiger partial charge on any atom is -0.337 e. The zero-order valence-corrected chi connectivity index (χ0v) is 18.0. The van der Waals surface area contributed by atoms with Gasteiger partial charge in [-0.3, -0.25) is 14.8 Å². The van der Waals surface area contributed by atoms with E-state index in [1.54, 1.807) is 23.1 Å². The van der Waals surface area contributed by atoms with Gasteiger partial charge in [-0.25, -0.2) is 24.2 Å². The van der Waals surface area contributed by atoms with Crippen LogP contribution in [0.4, 0.5) is 14.7 Å². The van der Waals surface area contributed by atoms with Crippen LogP contribution in [0, 0.1) is 11.6 Å². The summed E-state index contributed by atoms with van der Waals surface area (Å²) in [6, 6.07) is 11.5. The molecule has 0 aliphatic carbocycles. The van der Waals surface area contributed by atoms with Crippen molar-refractivity contribution < 1.29 is 23.6 Å². The van der Waals surface area contributed by atoms with Crippen molar-refractivity contribution in [3.8, 4) is 0 Å². The van der Waals surface area contributed by atoms with Gasteiger partial charge in [0.1, 0.15) is 11.6 Å². The number of rotatable bonds is 5. The van der Waals surface area contributed by atoms with Crippen LogP contribution >= 0.6 is 0 Å². The summed E-state index contributed by atoms with van der Waals surface area (Å²) in [4.78, 5) is 36.7. The predicted octanol–water partition coefficient (Wildman–Crippen LogP) is 2.76. The van der Waals surface area contributed by atoms with Crippen molar-refractivity contribution in [2.45, 2.75) is 0 Å². The van der Waals surface area contributed by atoms with E-state index in [-0.39, 0.29) is 11.5 Å². The second kappa shape index (κ2) is 10.2. The normalized spacial score (nSPS) is 14.1. The van der Waals surface area contributed by atoms with Crippen molar-refractivity contribution in [3.05, 3.63) is 89.2 Å². The van der Waals surface area contributed by atoms with Gasteiger partial charge in [-0.2, -0.15) is 0 Å². The lowest BCUT2D eigenvalue weighted by atomic mass is 10.0. The molecule has 8 nitrogen and oxygen atoms in total. The lowest BCUT2D eigenvalue weighted by Gasteiger charge is -2.35. The molecule has 10 heteroatoms. The largest absolute Gasteiger partial charge is 0.337 e. The molecule has 1 aliphatic heterocycles. The van der Waals surface area contributed by atoms with Crippen LogP contribution in [-0.4, -0.2) is 58.1 Å². The summed E-state index contributed by atoms with van der Waals surface area (Å²) in [5.41, 5.74) is 3.02. The van der Waals surface area contributed by atoms with Gasteiger partial charge in [0.2, 0.25) is 5.95 Å². The monoisotopic (exact) mass is 465 g/mol. The quantitative estimate of drug-likeness (QED) is 0.260. The standard InChI is InChI=1S/C24H21F2N5O3/c25-19-6-4-17(5-7-19)21(13-16-2-1-3-20(26)12-16)23(33)30-8-10-31(11-9-30)24-27-14-18(15-28-24)22(32)29-34/h1-7,12-15,34H,8-11H2,(H,29,32). The highest BCUT2D eigenvalue weighted by Gasteiger charge is 2.26. The molecule has 1 aliphatic rings. The first-order valence-electron chi connectivity index (χ1n) is 10.5. The Kier molecular flexibility index (Phi) is 6.88. The van der Waals surface area contributed by atoms with E-state index >= 15 is 0 Å². The van der Waals surface area contributed by atoms with Gasteiger partial charge in [-0.05, 0) is 41.5 Å². The van der Waals surface area contributed by atoms with Gasteiger partial charge in [-0.15, -0.1) is 0 Å². The van der Waals surface area contributed by atoms with E-state index in [4.69, 9.17) is 5.21 Å². The second-order valence-electron chi connectivity index (χ2n) is 7.61. The number of carbonyl (C=O) groups is 2. The molecule has 1 saturated heterocycles. The van der Waals surface area contributed by atoms with Crippen LogP contribution in [0.15, 0.2) is 60.9 Å². The molecule has 0 unspecified atom stereocenters. The van der Waals surface area contributed by atoms with Gasteiger partial charge >= 0.3 is 0 Å². The molecule has 2 N–H and O–H groups in total. The highest BCUT2D eigenvalue weighted by Crippen LogP contribution is 2.23. The molecule has 0 radical (unpaired) electrons. The summed E-state index contributed by atoms with van der Waals surface area (Å²) in [7, 11) is 0. The number of benzene rings is 2. The average molecular weight is 465 g/mol. The van der Waals surface area contributed by atoms with Crippen LogP contribution in [0.5, 0.6) is 0 Å². The molecule has 34 heavy (non-hydrogen) atoms. The first-order chi connectivity index (χ1) is 16.4. The maximum Gasteiger partial charge on any atom is 0.277 e. The van der Waals surface area contributed by atoms with E-state index in [1.165, 1.54) is 54.3 Å². The zero-order valence-electron chi connectivity index (χ0n) is 18.0. The molecule has 0 atom stereocenters. The molecule has 2 aromatic carbocycles. The Bertz CT molecular complexity index is 1210. The molecular formula is C24H21F2N5O3. The van der Waals surface area contributed by atoms with Crippen molar-refractivity contribution in [2.24, 2.45) is 0 Å². The fourth-order valence-electron chi connectivity index (χ4n) is 3.61. The number of halogens is 2. The van der Waals surface area contributed by atoms with E-state index in [0.29, 0.717) is 48.8 Å². The fourth-order valence-corrected chi connectivity index (χ4v) is 3.61. The topological polar surface area (TPSA) is 98.7 Å². The Morgan fingerprint density at radius 3 is 2.21 bits per heavy atom. The van der Waals surface area contributed by atoms with Crippen LogP contribution in [-0.2, 0) is 4.79 Å². The predicted molar refractivity (Wildman–Crippen MR) is 121 cm³/mol. The molecule has 2 amide bonds.